The normalized spacial score (nSPS) is 23.4. The van der Waals surface area contributed by atoms with Crippen LogP contribution >= 0.6 is 0 Å². The van der Waals surface area contributed by atoms with E-state index < -0.39 is 35.6 Å². The number of pyridine rings is 1. The molecule has 1 saturated carbocycles. The number of aliphatic imine (C=N–C) groups is 1. The zero-order valence-electron chi connectivity index (χ0n) is 20.9. The predicted octanol–water partition coefficient (Wildman–Crippen LogP) is 4.02. The molecule has 2 aromatic rings. The number of allylic oxidation sites excluding steroid dienone is 1. The van der Waals surface area contributed by atoms with E-state index in [1.807, 2.05) is 24.3 Å². The maximum Gasteiger partial charge on any atom is 0.336 e. The Morgan fingerprint density at radius 2 is 1.81 bits per heavy atom. The van der Waals surface area contributed by atoms with Crippen molar-refractivity contribution in [3.63, 3.8) is 0 Å². The lowest BCUT2D eigenvalue weighted by atomic mass is 9.62. The van der Waals surface area contributed by atoms with Gasteiger partial charge in [-0.2, -0.15) is 0 Å². The second kappa shape index (κ2) is 10.8. The molecule has 1 unspecified atom stereocenters. The van der Waals surface area contributed by atoms with Gasteiger partial charge in [0.2, 0.25) is 0 Å². The van der Waals surface area contributed by atoms with Crippen LogP contribution in [0.2, 0.25) is 0 Å². The fraction of sp³-hybridized carbons (Fsp3) is 0.393. The number of esters is 2. The summed E-state index contributed by atoms with van der Waals surface area (Å²) in [4.78, 5) is 49.7. The molecule has 2 heterocycles. The molecule has 2 aliphatic rings. The molecular formula is C28H30N2O6. The average Bonchev–Trinajstić information content (AvgIpc) is 2.88. The monoisotopic (exact) mass is 490 g/mol. The summed E-state index contributed by atoms with van der Waals surface area (Å²) < 4.78 is 16.1. The number of fused-ring (bicyclic) bond motifs is 1. The summed E-state index contributed by atoms with van der Waals surface area (Å²) in [7, 11) is 1.57. The van der Waals surface area contributed by atoms with E-state index in [4.69, 9.17) is 19.2 Å². The molecule has 8 nitrogen and oxygen atoms in total. The Balaban J connectivity index is 1.88. The minimum Gasteiger partial charge on any atom is -0.497 e. The third kappa shape index (κ3) is 4.67. The third-order valence-electron chi connectivity index (χ3n) is 6.71. The van der Waals surface area contributed by atoms with Gasteiger partial charge in [0.15, 0.2) is 5.78 Å². The Morgan fingerprint density at radius 1 is 1.03 bits per heavy atom. The van der Waals surface area contributed by atoms with Crippen LogP contribution < -0.4 is 4.74 Å². The van der Waals surface area contributed by atoms with E-state index in [1.165, 1.54) is 0 Å². The second-order valence-electron chi connectivity index (χ2n) is 8.75. The van der Waals surface area contributed by atoms with Crippen LogP contribution in [0.1, 0.15) is 50.3 Å². The molecule has 188 valence electrons. The van der Waals surface area contributed by atoms with Crippen molar-refractivity contribution in [3.8, 4) is 5.75 Å². The Morgan fingerprint density at radius 3 is 2.47 bits per heavy atom. The van der Waals surface area contributed by atoms with E-state index in [-0.39, 0.29) is 19.0 Å². The Bertz CT molecular complexity index is 1220. The quantitative estimate of drug-likeness (QED) is 0.426. The Labute approximate surface area is 210 Å². The maximum absolute atomic E-state index is 14.2. The molecule has 0 radical (unpaired) electrons. The highest BCUT2D eigenvalue weighted by Gasteiger charge is 2.53. The summed E-state index contributed by atoms with van der Waals surface area (Å²) in [6.45, 7) is 5.51. The molecule has 8 heteroatoms. The lowest BCUT2D eigenvalue weighted by molar-refractivity contribution is -0.153. The van der Waals surface area contributed by atoms with Gasteiger partial charge < -0.3 is 14.2 Å². The van der Waals surface area contributed by atoms with Crippen molar-refractivity contribution in [2.45, 2.75) is 39.0 Å². The van der Waals surface area contributed by atoms with Crippen molar-refractivity contribution in [1.82, 2.24) is 4.98 Å². The van der Waals surface area contributed by atoms with E-state index in [0.29, 0.717) is 34.8 Å². The van der Waals surface area contributed by atoms with E-state index in [0.717, 1.165) is 5.56 Å². The van der Waals surface area contributed by atoms with E-state index >= 15 is 0 Å². The SMILES string of the molecule is CCOC(=O)C1=C(C)N=C2C[C@H](c3cccc(OC)c3)[C@H](C(=O)OCC)C(=O)C2[C@@H]1c1ccccn1. The van der Waals surface area contributed by atoms with Gasteiger partial charge in [0.25, 0.3) is 0 Å². The van der Waals surface area contributed by atoms with Crippen molar-refractivity contribution in [3.05, 3.63) is 71.2 Å². The molecule has 0 amide bonds. The Hall–Kier alpha value is -3.81. The molecule has 4 rings (SSSR count). The molecule has 1 fully saturated rings. The van der Waals surface area contributed by atoms with Gasteiger partial charge in [-0.25, -0.2) is 4.79 Å². The minimum absolute atomic E-state index is 0.149. The zero-order valence-corrected chi connectivity index (χ0v) is 20.9. The lowest BCUT2D eigenvalue weighted by Gasteiger charge is -2.40. The number of methoxy groups -OCH3 is 1. The minimum atomic E-state index is -1.06. The first-order valence-electron chi connectivity index (χ1n) is 12.1. The van der Waals surface area contributed by atoms with E-state index in [9.17, 15) is 14.4 Å². The number of carbonyl (C=O) groups excluding carboxylic acids is 3. The summed E-state index contributed by atoms with van der Waals surface area (Å²) in [6, 6.07) is 12.7. The number of ketones is 1. The van der Waals surface area contributed by atoms with Crippen molar-refractivity contribution in [2.24, 2.45) is 16.8 Å². The largest absolute Gasteiger partial charge is 0.497 e. The summed E-state index contributed by atoms with van der Waals surface area (Å²) in [5.41, 5.74) is 2.74. The van der Waals surface area contributed by atoms with Gasteiger partial charge in [-0.1, -0.05) is 18.2 Å². The van der Waals surface area contributed by atoms with Crippen molar-refractivity contribution in [2.75, 3.05) is 20.3 Å². The molecule has 0 N–H and O–H groups in total. The number of ether oxygens (including phenoxy) is 3. The van der Waals surface area contributed by atoms with Gasteiger partial charge >= 0.3 is 11.9 Å². The van der Waals surface area contributed by atoms with Crippen molar-refractivity contribution < 1.29 is 28.6 Å². The number of Topliss-reactive ketones (excluding diaryl/α,β-unsaturated/α-hetero) is 1. The lowest BCUT2D eigenvalue weighted by Crippen LogP contribution is -2.49. The first-order valence-corrected chi connectivity index (χ1v) is 12.1. The molecule has 36 heavy (non-hydrogen) atoms. The van der Waals surface area contributed by atoms with Crippen molar-refractivity contribution in [1.29, 1.82) is 0 Å². The summed E-state index contributed by atoms with van der Waals surface area (Å²) in [5.74, 6) is -3.93. The number of aromatic nitrogens is 1. The molecule has 1 aromatic carbocycles. The number of nitrogens with zero attached hydrogens (tertiary/aromatic N) is 2. The number of benzene rings is 1. The summed E-state index contributed by atoms with van der Waals surface area (Å²) in [6.07, 6.45) is 1.97. The molecule has 0 saturated heterocycles. The van der Waals surface area contributed by atoms with Crippen LogP contribution in [0.3, 0.4) is 0 Å². The van der Waals surface area contributed by atoms with Crippen LogP contribution in [0.4, 0.5) is 0 Å². The standard InChI is InChI=1S/C28H30N2O6/c1-5-35-27(32)22-16(3)30-21-15-19(17-10-9-11-18(14-17)34-4)23(28(33)36-6-2)26(31)25(21)24(22)20-12-7-8-13-29-20/h7-14,19,23-25H,5-6,15H2,1-4H3/t19-,23+,24-,25?/m1/s1. The van der Waals surface area contributed by atoms with Gasteiger partial charge in [0.05, 0.1) is 37.7 Å². The van der Waals surface area contributed by atoms with Gasteiger partial charge in [0.1, 0.15) is 11.7 Å². The molecule has 1 aromatic heterocycles. The number of carbonyl (C=O) groups is 3. The van der Waals surface area contributed by atoms with Crippen LogP contribution in [0.15, 0.2) is 64.9 Å². The van der Waals surface area contributed by atoms with E-state index in [2.05, 4.69) is 4.98 Å². The van der Waals surface area contributed by atoms with Crippen LogP contribution in [0, 0.1) is 11.8 Å². The fourth-order valence-corrected chi connectivity index (χ4v) is 5.22. The number of hydrogen-bond donors (Lipinski definition) is 0. The third-order valence-corrected chi connectivity index (χ3v) is 6.71. The first-order chi connectivity index (χ1) is 17.4. The molecule has 0 bridgehead atoms. The molecule has 0 spiro atoms. The molecule has 1 aliphatic heterocycles. The van der Waals surface area contributed by atoms with Crippen LogP contribution in [0.25, 0.3) is 0 Å². The molecule has 4 atom stereocenters. The van der Waals surface area contributed by atoms with Crippen LogP contribution in [0.5, 0.6) is 5.75 Å². The maximum atomic E-state index is 14.2. The average molecular weight is 491 g/mol. The van der Waals surface area contributed by atoms with Crippen LogP contribution in [-0.2, 0) is 23.9 Å². The first kappa shape index (κ1) is 25.3. The van der Waals surface area contributed by atoms with E-state index in [1.54, 1.807) is 52.3 Å². The van der Waals surface area contributed by atoms with Gasteiger partial charge in [-0.05, 0) is 57.0 Å². The van der Waals surface area contributed by atoms with Gasteiger partial charge in [0, 0.05) is 29.2 Å². The summed E-state index contributed by atoms with van der Waals surface area (Å²) >= 11 is 0. The summed E-state index contributed by atoms with van der Waals surface area (Å²) in [5, 5.41) is 0. The van der Waals surface area contributed by atoms with Gasteiger partial charge in [-0.15, -0.1) is 0 Å². The Kier molecular flexibility index (Phi) is 7.62. The topological polar surface area (TPSA) is 104 Å². The number of rotatable bonds is 7. The van der Waals surface area contributed by atoms with Crippen LogP contribution in [-0.4, -0.2) is 48.7 Å². The zero-order chi connectivity index (χ0) is 25.8. The fourth-order valence-electron chi connectivity index (χ4n) is 5.22. The highest BCUT2D eigenvalue weighted by molar-refractivity contribution is 6.17. The molecule has 1 aliphatic carbocycles. The van der Waals surface area contributed by atoms with Gasteiger partial charge in [-0.3, -0.25) is 19.6 Å². The number of hydrogen-bond acceptors (Lipinski definition) is 8. The predicted molar refractivity (Wildman–Crippen MR) is 133 cm³/mol. The van der Waals surface area contributed by atoms with Crippen molar-refractivity contribution >= 4 is 23.4 Å². The highest BCUT2D eigenvalue weighted by atomic mass is 16.5. The highest BCUT2D eigenvalue weighted by Crippen LogP contribution is 2.48. The smallest absolute Gasteiger partial charge is 0.336 e. The second-order valence-corrected chi connectivity index (χ2v) is 8.75. The molecular weight excluding hydrogens is 460 g/mol.